The fourth-order valence-corrected chi connectivity index (χ4v) is 4.14. The van der Waals surface area contributed by atoms with Crippen molar-refractivity contribution in [1.29, 1.82) is 5.26 Å². The summed E-state index contributed by atoms with van der Waals surface area (Å²) >= 11 is 0. The fourth-order valence-electron chi connectivity index (χ4n) is 4.14. The third kappa shape index (κ3) is 7.50. The lowest BCUT2D eigenvalue weighted by Gasteiger charge is -2.31. The number of hydrogen-bond donors (Lipinski definition) is 4. The highest BCUT2D eigenvalue weighted by molar-refractivity contribution is 5.92. The molecule has 1 aliphatic heterocycles. The minimum atomic E-state index is -0.834. The maximum absolute atomic E-state index is 13.0. The predicted molar refractivity (Wildman–Crippen MR) is 119 cm³/mol. The van der Waals surface area contributed by atoms with E-state index in [1.165, 1.54) is 6.92 Å². The van der Waals surface area contributed by atoms with Gasteiger partial charge in [0.2, 0.25) is 23.6 Å². The van der Waals surface area contributed by atoms with Crippen LogP contribution < -0.4 is 21.3 Å². The summed E-state index contributed by atoms with van der Waals surface area (Å²) in [5.74, 6) is -1.32. The Bertz CT molecular complexity index is 791. The molecule has 1 saturated heterocycles. The molecular formula is C23H37N5O4. The lowest BCUT2D eigenvalue weighted by Crippen LogP contribution is -2.58. The average Bonchev–Trinajstić information content (AvgIpc) is 3.41. The van der Waals surface area contributed by atoms with Crippen LogP contribution in [0.15, 0.2) is 0 Å². The first-order chi connectivity index (χ1) is 14.7. The van der Waals surface area contributed by atoms with Crippen LogP contribution in [0.25, 0.3) is 0 Å². The summed E-state index contributed by atoms with van der Waals surface area (Å²) in [5.41, 5.74) is -0.881. The zero-order valence-electron chi connectivity index (χ0n) is 20.0. The smallest absolute Gasteiger partial charge is 0.243 e. The van der Waals surface area contributed by atoms with Crippen molar-refractivity contribution < 1.29 is 19.2 Å². The lowest BCUT2D eigenvalue weighted by molar-refractivity contribution is -0.134. The molecule has 2 aliphatic rings. The van der Waals surface area contributed by atoms with Gasteiger partial charge in [0, 0.05) is 18.4 Å². The highest BCUT2D eigenvalue weighted by Crippen LogP contribution is 2.34. The number of carbonyl (C=O) groups is 4. The van der Waals surface area contributed by atoms with Crippen molar-refractivity contribution in [3.8, 4) is 6.07 Å². The molecule has 2 fully saturated rings. The summed E-state index contributed by atoms with van der Waals surface area (Å²) in [4.78, 5) is 49.8. The maximum Gasteiger partial charge on any atom is 0.243 e. The van der Waals surface area contributed by atoms with Gasteiger partial charge in [0.05, 0.1) is 6.07 Å². The molecule has 1 aliphatic carbocycles. The zero-order valence-corrected chi connectivity index (χ0v) is 20.0. The second-order valence-electron chi connectivity index (χ2n) is 10.9. The Balaban J connectivity index is 2.06. The molecule has 9 nitrogen and oxygen atoms in total. The molecule has 0 radical (unpaired) electrons. The van der Waals surface area contributed by atoms with E-state index in [-0.39, 0.29) is 29.7 Å². The molecule has 0 spiro atoms. The highest BCUT2D eigenvalue weighted by Gasteiger charge is 2.40. The number of nitrogens with one attached hydrogen (secondary N) is 4. The molecule has 0 aromatic carbocycles. The van der Waals surface area contributed by atoms with E-state index in [2.05, 4.69) is 27.3 Å². The molecule has 0 aromatic rings. The van der Waals surface area contributed by atoms with Gasteiger partial charge in [0.1, 0.15) is 18.1 Å². The normalized spacial score (nSPS) is 22.7. The van der Waals surface area contributed by atoms with Crippen LogP contribution in [0.4, 0.5) is 0 Å². The molecule has 9 heteroatoms. The van der Waals surface area contributed by atoms with E-state index >= 15 is 0 Å². The summed E-state index contributed by atoms with van der Waals surface area (Å²) in [6, 6.07) is -0.365. The zero-order chi connectivity index (χ0) is 24.3. The summed E-state index contributed by atoms with van der Waals surface area (Å²) in [6.07, 6.45) is 3.27. The third-order valence-corrected chi connectivity index (χ3v) is 5.96. The van der Waals surface area contributed by atoms with Crippen LogP contribution in [0.2, 0.25) is 0 Å². The number of hydrogen-bond acceptors (Lipinski definition) is 5. The van der Waals surface area contributed by atoms with Crippen LogP contribution in [0.5, 0.6) is 0 Å². The van der Waals surface area contributed by atoms with E-state index in [1.54, 1.807) is 0 Å². The molecule has 178 valence electrons. The van der Waals surface area contributed by atoms with Gasteiger partial charge in [-0.2, -0.15) is 5.26 Å². The molecular weight excluding hydrogens is 410 g/mol. The van der Waals surface area contributed by atoms with E-state index in [1.807, 2.05) is 34.6 Å². The largest absolute Gasteiger partial charge is 0.351 e. The van der Waals surface area contributed by atoms with E-state index in [9.17, 15) is 24.4 Å². The van der Waals surface area contributed by atoms with Crippen molar-refractivity contribution in [3.05, 3.63) is 0 Å². The van der Waals surface area contributed by atoms with Crippen LogP contribution in [0.1, 0.15) is 73.6 Å². The first-order valence-electron chi connectivity index (χ1n) is 11.3. The molecule has 4 atom stereocenters. The lowest BCUT2D eigenvalue weighted by atomic mass is 9.85. The fraction of sp³-hybridized carbons (Fsp3) is 0.783. The van der Waals surface area contributed by atoms with Crippen LogP contribution >= 0.6 is 0 Å². The van der Waals surface area contributed by atoms with Gasteiger partial charge in [-0.25, -0.2) is 0 Å². The average molecular weight is 448 g/mol. The number of rotatable bonds is 9. The second kappa shape index (κ2) is 9.88. The van der Waals surface area contributed by atoms with Gasteiger partial charge in [-0.1, -0.05) is 33.6 Å². The molecule has 1 heterocycles. The molecule has 4 amide bonds. The van der Waals surface area contributed by atoms with E-state index in [0.717, 1.165) is 12.8 Å². The van der Waals surface area contributed by atoms with Crippen molar-refractivity contribution in [2.24, 2.45) is 17.3 Å². The van der Waals surface area contributed by atoms with Gasteiger partial charge in [-0.15, -0.1) is 0 Å². The SMILES string of the molecule is CC(=O)NC(C(=O)NC(CC1CC1)C(=O)NC(C#N)CC1CC(C)(C)NC1=O)C(C)(C)C. The topological polar surface area (TPSA) is 140 Å². The van der Waals surface area contributed by atoms with Crippen LogP contribution in [-0.4, -0.2) is 47.3 Å². The number of carbonyl (C=O) groups excluding carboxylic acids is 4. The molecule has 0 aromatic heterocycles. The van der Waals surface area contributed by atoms with Crippen molar-refractivity contribution in [2.75, 3.05) is 0 Å². The molecule has 4 N–H and O–H groups in total. The molecule has 32 heavy (non-hydrogen) atoms. The van der Waals surface area contributed by atoms with Crippen molar-refractivity contribution in [3.63, 3.8) is 0 Å². The van der Waals surface area contributed by atoms with E-state index in [4.69, 9.17) is 0 Å². The van der Waals surface area contributed by atoms with Gasteiger partial charge in [0.25, 0.3) is 0 Å². The molecule has 1 saturated carbocycles. The first-order valence-corrected chi connectivity index (χ1v) is 11.3. The van der Waals surface area contributed by atoms with Crippen molar-refractivity contribution >= 4 is 23.6 Å². The predicted octanol–water partition coefficient (Wildman–Crippen LogP) is 1.14. The summed E-state index contributed by atoms with van der Waals surface area (Å²) in [5, 5.41) is 20.6. The standard InChI is InChI=1S/C23H37N5O4/c1-13(29)25-18(22(2,3)4)21(32)27-17(9-14-7-8-14)20(31)26-16(12-24)10-15-11-23(5,6)28-19(15)30/h14-18H,7-11H2,1-6H3,(H,25,29)(H,26,31)(H,27,32)(H,28,30). The maximum atomic E-state index is 13.0. The number of nitrogens with zero attached hydrogens (tertiary/aromatic N) is 1. The Morgan fingerprint density at radius 3 is 2.19 bits per heavy atom. The van der Waals surface area contributed by atoms with Gasteiger partial charge in [-0.05, 0) is 44.4 Å². The Morgan fingerprint density at radius 2 is 1.75 bits per heavy atom. The first kappa shape index (κ1) is 25.6. The summed E-state index contributed by atoms with van der Waals surface area (Å²) in [6.45, 7) is 10.7. The minimum Gasteiger partial charge on any atom is -0.351 e. The third-order valence-electron chi connectivity index (χ3n) is 5.96. The van der Waals surface area contributed by atoms with Gasteiger partial charge in [-0.3, -0.25) is 19.2 Å². The molecule has 4 unspecified atom stereocenters. The Labute approximate surface area is 190 Å². The van der Waals surface area contributed by atoms with Crippen molar-refractivity contribution in [2.45, 2.75) is 97.3 Å². The molecule has 0 bridgehead atoms. The Kier molecular flexibility index (Phi) is 7.92. The summed E-state index contributed by atoms with van der Waals surface area (Å²) < 4.78 is 0. The second-order valence-corrected chi connectivity index (χ2v) is 10.9. The number of amides is 4. The van der Waals surface area contributed by atoms with Crippen LogP contribution in [-0.2, 0) is 19.2 Å². The Morgan fingerprint density at radius 1 is 1.12 bits per heavy atom. The van der Waals surface area contributed by atoms with E-state index < -0.39 is 35.4 Å². The monoisotopic (exact) mass is 447 g/mol. The Hall–Kier alpha value is -2.63. The van der Waals surface area contributed by atoms with Crippen LogP contribution in [0, 0.1) is 28.6 Å². The molecule has 2 rings (SSSR count). The van der Waals surface area contributed by atoms with Crippen LogP contribution in [0.3, 0.4) is 0 Å². The highest BCUT2D eigenvalue weighted by atomic mass is 16.2. The van der Waals surface area contributed by atoms with E-state index in [0.29, 0.717) is 18.8 Å². The quantitative estimate of drug-likeness (QED) is 0.419. The van der Waals surface area contributed by atoms with Gasteiger partial charge < -0.3 is 21.3 Å². The van der Waals surface area contributed by atoms with Crippen molar-refractivity contribution in [1.82, 2.24) is 21.3 Å². The van der Waals surface area contributed by atoms with Gasteiger partial charge in [0.15, 0.2) is 0 Å². The summed E-state index contributed by atoms with van der Waals surface area (Å²) in [7, 11) is 0. The minimum absolute atomic E-state index is 0.115. The number of nitriles is 1. The van der Waals surface area contributed by atoms with Gasteiger partial charge >= 0.3 is 0 Å².